The van der Waals surface area contributed by atoms with Crippen LogP contribution in [0.5, 0.6) is 11.5 Å². The fraction of sp³-hybridized carbons (Fsp3) is 0.538. The van der Waals surface area contributed by atoms with Gasteiger partial charge in [-0.2, -0.15) is 0 Å². The summed E-state index contributed by atoms with van der Waals surface area (Å²) in [4.78, 5) is 20.1. The average Bonchev–Trinajstić information content (AvgIpc) is 3.38. The van der Waals surface area contributed by atoms with Crippen LogP contribution >= 0.6 is 0 Å². The Morgan fingerprint density at radius 3 is 2.69 bits per heavy atom. The van der Waals surface area contributed by atoms with E-state index >= 15 is 0 Å². The van der Waals surface area contributed by atoms with E-state index in [4.69, 9.17) is 9.47 Å². The molecule has 0 bridgehead atoms. The third-order valence-corrected chi connectivity index (χ3v) is 6.93. The summed E-state index contributed by atoms with van der Waals surface area (Å²) >= 11 is 0. The molecule has 6 heteroatoms. The number of piperidine rings is 1. The van der Waals surface area contributed by atoms with Crippen LogP contribution in [-0.2, 0) is 11.3 Å². The fourth-order valence-electron chi connectivity index (χ4n) is 5.21. The predicted octanol–water partition coefficient (Wildman–Crippen LogP) is 4.36. The van der Waals surface area contributed by atoms with Crippen molar-refractivity contribution >= 4 is 5.91 Å². The van der Waals surface area contributed by atoms with Crippen molar-refractivity contribution in [2.45, 2.75) is 51.1 Å². The Balaban J connectivity index is 1.50. The fourth-order valence-corrected chi connectivity index (χ4v) is 5.21. The number of benzene rings is 1. The highest BCUT2D eigenvalue weighted by Crippen LogP contribution is 2.33. The minimum atomic E-state index is -0.0562. The van der Waals surface area contributed by atoms with Crippen LogP contribution in [0.4, 0.5) is 0 Å². The minimum Gasteiger partial charge on any atom is -0.497 e. The summed E-state index contributed by atoms with van der Waals surface area (Å²) in [6, 6.07) is 11.9. The summed E-state index contributed by atoms with van der Waals surface area (Å²) in [6.45, 7) is 2.73. The molecule has 1 aliphatic carbocycles. The van der Waals surface area contributed by atoms with E-state index in [1.807, 2.05) is 36.5 Å². The van der Waals surface area contributed by atoms with Crippen LogP contribution in [0.15, 0.2) is 42.6 Å². The van der Waals surface area contributed by atoms with Gasteiger partial charge >= 0.3 is 0 Å². The second kappa shape index (κ2) is 10.8. The van der Waals surface area contributed by atoms with Crippen LogP contribution in [-0.4, -0.2) is 43.1 Å². The molecule has 0 unspecified atom stereocenters. The minimum absolute atomic E-state index is 0.0562. The van der Waals surface area contributed by atoms with Crippen LogP contribution in [0.2, 0.25) is 0 Å². The number of likely N-dealkylation sites (tertiary alicyclic amines) is 1. The molecule has 6 nitrogen and oxygen atoms in total. The average molecular weight is 438 g/mol. The molecule has 0 spiro atoms. The summed E-state index contributed by atoms with van der Waals surface area (Å²) < 4.78 is 11.0. The highest BCUT2D eigenvalue weighted by molar-refractivity contribution is 5.79. The van der Waals surface area contributed by atoms with Crippen LogP contribution in [0.1, 0.15) is 55.8 Å². The van der Waals surface area contributed by atoms with Gasteiger partial charge in [0.25, 0.3) is 0 Å². The first-order chi connectivity index (χ1) is 15.7. The van der Waals surface area contributed by atoms with Gasteiger partial charge in [-0.15, -0.1) is 0 Å². The molecule has 2 atom stereocenters. The summed E-state index contributed by atoms with van der Waals surface area (Å²) in [5, 5.41) is 3.40. The smallest absolute Gasteiger partial charge is 0.223 e. The maximum absolute atomic E-state index is 13.0. The highest BCUT2D eigenvalue weighted by atomic mass is 16.5. The molecular weight excluding hydrogens is 402 g/mol. The van der Waals surface area contributed by atoms with Gasteiger partial charge in [-0.05, 0) is 68.5 Å². The number of nitrogens with zero attached hydrogens (tertiary/aromatic N) is 2. The number of ether oxygens (including phenoxy) is 2. The van der Waals surface area contributed by atoms with E-state index in [-0.39, 0.29) is 17.9 Å². The molecule has 2 fully saturated rings. The third kappa shape index (κ3) is 5.41. The number of hydrogen-bond donors (Lipinski definition) is 1. The van der Waals surface area contributed by atoms with Crippen LogP contribution < -0.4 is 14.8 Å². The molecule has 1 aromatic carbocycles. The van der Waals surface area contributed by atoms with Crippen LogP contribution in [0, 0.1) is 11.8 Å². The van der Waals surface area contributed by atoms with Crippen molar-refractivity contribution in [2.24, 2.45) is 11.8 Å². The molecule has 172 valence electrons. The summed E-state index contributed by atoms with van der Waals surface area (Å²) in [5.41, 5.74) is 2.08. The Bertz CT molecular complexity index is 883. The molecule has 1 aliphatic heterocycles. The zero-order valence-corrected chi connectivity index (χ0v) is 19.3. The predicted molar refractivity (Wildman–Crippen MR) is 125 cm³/mol. The van der Waals surface area contributed by atoms with Gasteiger partial charge in [0.05, 0.1) is 26.0 Å². The zero-order chi connectivity index (χ0) is 22.3. The number of nitrogens with one attached hydrogen (secondary N) is 1. The van der Waals surface area contributed by atoms with Crippen molar-refractivity contribution in [2.75, 3.05) is 27.3 Å². The van der Waals surface area contributed by atoms with E-state index in [0.29, 0.717) is 5.92 Å². The van der Waals surface area contributed by atoms with E-state index in [9.17, 15) is 4.79 Å². The maximum Gasteiger partial charge on any atom is 0.223 e. The largest absolute Gasteiger partial charge is 0.497 e. The third-order valence-electron chi connectivity index (χ3n) is 6.93. The molecule has 1 N–H and O–H groups in total. The Morgan fingerprint density at radius 2 is 1.97 bits per heavy atom. The maximum atomic E-state index is 13.0. The van der Waals surface area contributed by atoms with Crippen LogP contribution in [0.3, 0.4) is 0 Å². The normalized spacial score (nSPS) is 20.6. The molecule has 1 saturated carbocycles. The molecule has 0 radical (unpaired) electrons. The van der Waals surface area contributed by atoms with Gasteiger partial charge in [0.2, 0.25) is 5.91 Å². The van der Waals surface area contributed by atoms with Gasteiger partial charge < -0.3 is 14.8 Å². The number of carbonyl (C=O) groups excluding carboxylic acids is 1. The Kier molecular flexibility index (Phi) is 7.63. The van der Waals surface area contributed by atoms with Gasteiger partial charge in [0.15, 0.2) is 0 Å². The Morgan fingerprint density at radius 1 is 1.12 bits per heavy atom. The lowest BCUT2D eigenvalue weighted by Gasteiger charge is -2.37. The van der Waals surface area contributed by atoms with Gasteiger partial charge in [-0.3, -0.25) is 14.7 Å². The van der Waals surface area contributed by atoms with E-state index in [0.717, 1.165) is 80.9 Å². The van der Waals surface area contributed by atoms with Gasteiger partial charge in [-0.1, -0.05) is 18.9 Å². The lowest BCUT2D eigenvalue weighted by atomic mass is 9.87. The highest BCUT2D eigenvalue weighted by Gasteiger charge is 2.33. The second-order valence-electron chi connectivity index (χ2n) is 9.04. The molecule has 2 aromatic rings. The Labute approximate surface area is 191 Å². The van der Waals surface area contributed by atoms with Gasteiger partial charge in [0.1, 0.15) is 11.5 Å². The first kappa shape index (κ1) is 22.6. The lowest BCUT2D eigenvalue weighted by Crippen LogP contribution is -2.44. The van der Waals surface area contributed by atoms with E-state index < -0.39 is 0 Å². The zero-order valence-electron chi connectivity index (χ0n) is 19.3. The van der Waals surface area contributed by atoms with E-state index in [1.165, 1.54) is 0 Å². The van der Waals surface area contributed by atoms with E-state index in [2.05, 4.69) is 21.3 Å². The lowest BCUT2D eigenvalue weighted by molar-refractivity contribution is -0.126. The summed E-state index contributed by atoms with van der Waals surface area (Å²) in [5.74, 6) is 2.39. The molecule has 32 heavy (non-hydrogen) atoms. The summed E-state index contributed by atoms with van der Waals surface area (Å²) in [6.07, 6.45) is 8.33. The Hall–Kier alpha value is -2.60. The number of pyridine rings is 1. The number of hydrogen-bond acceptors (Lipinski definition) is 5. The summed E-state index contributed by atoms with van der Waals surface area (Å²) in [7, 11) is 3.40. The molecular formula is C26H35N3O3. The topological polar surface area (TPSA) is 63.7 Å². The molecule has 2 heterocycles. The molecule has 4 rings (SSSR count). The monoisotopic (exact) mass is 437 g/mol. The standard InChI is InChI=1S/C26H35N3O3/c1-31-22-12-13-24(32-2)21(16-22)18-29-15-7-10-20(17-29)25(23-11-5-6-14-27-23)28-26(30)19-8-3-4-9-19/h5-6,11-14,16,19-20,25H,3-4,7-10,15,17-18H2,1-2H3,(H,28,30)/t20-,25-/m0/s1. The molecule has 1 saturated heterocycles. The van der Waals surface area contributed by atoms with Gasteiger partial charge in [0, 0.05) is 30.8 Å². The SMILES string of the molecule is COc1ccc(OC)c(CN2CCC[C@H]([C@H](NC(=O)C3CCCC3)c3ccccn3)C2)c1. The molecule has 2 aliphatic rings. The van der Waals surface area contributed by atoms with Gasteiger partial charge in [-0.25, -0.2) is 0 Å². The first-order valence-electron chi connectivity index (χ1n) is 11.8. The molecule has 1 aromatic heterocycles. The van der Waals surface area contributed by atoms with Crippen LogP contribution in [0.25, 0.3) is 0 Å². The number of aromatic nitrogens is 1. The van der Waals surface area contributed by atoms with Crippen molar-refractivity contribution in [1.29, 1.82) is 0 Å². The molecule has 1 amide bonds. The number of methoxy groups -OCH3 is 2. The van der Waals surface area contributed by atoms with E-state index in [1.54, 1.807) is 14.2 Å². The van der Waals surface area contributed by atoms with Crippen molar-refractivity contribution in [1.82, 2.24) is 15.2 Å². The second-order valence-corrected chi connectivity index (χ2v) is 9.04. The van der Waals surface area contributed by atoms with Crippen molar-refractivity contribution in [3.05, 3.63) is 53.9 Å². The van der Waals surface area contributed by atoms with Crippen molar-refractivity contribution < 1.29 is 14.3 Å². The first-order valence-corrected chi connectivity index (χ1v) is 11.8. The quantitative estimate of drug-likeness (QED) is 0.665. The van der Waals surface area contributed by atoms with Crippen molar-refractivity contribution in [3.8, 4) is 11.5 Å². The number of carbonyl (C=O) groups is 1. The number of rotatable bonds is 8. The van der Waals surface area contributed by atoms with Crippen molar-refractivity contribution in [3.63, 3.8) is 0 Å². The number of amides is 1.